The van der Waals surface area contributed by atoms with E-state index in [4.69, 9.17) is 14.8 Å². The van der Waals surface area contributed by atoms with Crippen molar-refractivity contribution in [2.75, 3.05) is 19.8 Å². The van der Waals surface area contributed by atoms with Crippen molar-refractivity contribution >= 4 is 13.7 Å². The quantitative estimate of drug-likeness (QED) is 0.0272. The fourth-order valence-corrected chi connectivity index (χ4v) is 8.72. The predicted molar refractivity (Wildman–Crippen MR) is 254 cm³/mol. The zero-order valence-corrected chi connectivity index (χ0v) is 40.2. The van der Waals surface area contributed by atoms with E-state index >= 15 is 0 Å². The van der Waals surface area contributed by atoms with Gasteiger partial charge in [-0.1, -0.05) is 257 Å². The highest BCUT2D eigenvalue weighted by Gasteiger charge is 2.26. The summed E-state index contributed by atoms with van der Waals surface area (Å²) in [5.74, 6) is -0.191. The van der Waals surface area contributed by atoms with Crippen LogP contribution in [0.3, 0.4) is 0 Å². The Morgan fingerprint density at radius 1 is 0.542 bits per heavy atom. The monoisotopic (exact) mass is 857 g/mol. The number of hydrogen-bond acceptors (Lipinski definition) is 6. The molecule has 0 heterocycles. The van der Waals surface area contributed by atoms with E-state index in [0.29, 0.717) is 6.42 Å². The number of hydrogen-bond donors (Lipinski definition) is 4. The normalized spacial score (nSPS) is 13.9. The molecule has 0 radical (unpaired) electrons. The number of carbonyl (C=O) groups excluding carboxylic acids is 1. The van der Waals surface area contributed by atoms with Gasteiger partial charge in [-0.05, 0) is 19.3 Å². The van der Waals surface area contributed by atoms with Crippen LogP contribution in [0, 0.1) is 0 Å². The molecule has 1 unspecified atom stereocenters. The van der Waals surface area contributed by atoms with Crippen LogP contribution in [0.2, 0.25) is 0 Å². The summed E-state index contributed by atoms with van der Waals surface area (Å²) in [4.78, 5) is 22.7. The summed E-state index contributed by atoms with van der Waals surface area (Å²) in [6.07, 6.45) is 54.6. The predicted octanol–water partition coefficient (Wildman–Crippen LogP) is 15.1. The Balaban J connectivity index is 3.77. The van der Waals surface area contributed by atoms with E-state index in [1.807, 2.05) is 6.08 Å². The Morgan fingerprint density at radius 3 is 1.20 bits per heavy atom. The molecule has 0 aromatic heterocycles. The first-order chi connectivity index (χ1) is 28.9. The molecule has 0 saturated heterocycles. The zero-order chi connectivity index (χ0) is 43.2. The molecule has 0 bridgehead atoms. The largest absolute Gasteiger partial charge is 0.472 e. The maximum Gasteiger partial charge on any atom is 0.472 e. The molecule has 1 amide bonds. The van der Waals surface area contributed by atoms with E-state index in [1.165, 1.54) is 212 Å². The number of amides is 1. The van der Waals surface area contributed by atoms with E-state index in [2.05, 4.69) is 19.2 Å². The van der Waals surface area contributed by atoms with Crippen LogP contribution in [-0.2, 0) is 18.4 Å². The minimum absolute atomic E-state index is 0.0811. The Bertz CT molecular complexity index is 937. The minimum atomic E-state index is -4.33. The molecule has 352 valence electrons. The number of aliphatic hydroxyl groups is 1. The molecule has 0 aromatic carbocycles. The third kappa shape index (κ3) is 45.1. The van der Waals surface area contributed by atoms with Gasteiger partial charge in [-0.2, -0.15) is 0 Å². The summed E-state index contributed by atoms with van der Waals surface area (Å²) >= 11 is 0. The van der Waals surface area contributed by atoms with E-state index < -0.39 is 20.0 Å². The highest BCUT2D eigenvalue weighted by atomic mass is 31.2. The van der Waals surface area contributed by atoms with Crippen molar-refractivity contribution in [1.82, 2.24) is 5.32 Å². The number of phosphoric acid groups is 1. The van der Waals surface area contributed by atoms with Crippen molar-refractivity contribution in [3.05, 3.63) is 12.2 Å². The molecule has 0 aromatic rings. The molecule has 0 aliphatic rings. The van der Waals surface area contributed by atoms with E-state index in [9.17, 15) is 19.4 Å². The van der Waals surface area contributed by atoms with Gasteiger partial charge in [-0.15, -0.1) is 0 Å². The topological polar surface area (TPSA) is 131 Å². The van der Waals surface area contributed by atoms with Gasteiger partial charge in [0, 0.05) is 13.0 Å². The molecular formula is C50H101N2O6P. The Morgan fingerprint density at radius 2 is 0.864 bits per heavy atom. The number of allylic oxidation sites excluding steroid dienone is 1. The summed E-state index contributed by atoms with van der Waals surface area (Å²) in [6, 6.07) is -0.854. The second-order valence-corrected chi connectivity index (χ2v) is 19.2. The van der Waals surface area contributed by atoms with Crippen LogP contribution in [0.5, 0.6) is 0 Å². The zero-order valence-electron chi connectivity index (χ0n) is 39.3. The van der Waals surface area contributed by atoms with Gasteiger partial charge in [0.2, 0.25) is 5.91 Å². The third-order valence-electron chi connectivity index (χ3n) is 11.9. The van der Waals surface area contributed by atoms with Crippen LogP contribution in [0.4, 0.5) is 0 Å². The fourth-order valence-electron chi connectivity index (χ4n) is 7.96. The lowest BCUT2D eigenvalue weighted by Crippen LogP contribution is -2.45. The van der Waals surface area contributed by atoms with Gasteiger partial charge in [0.05, 0.1) is 25.4 Å². The number of nitrogens with two attached hydrogens (primary N) is 1. The standard InChI is InChI=1S/C50H101N2O6P/c1-3-5-7-9-11-13-14-15-16-17-18-19-20-21-22-23-24-25-26-27-28-29-30-31-32-33-34-36-38-40-42-44-50(54)52-48(47-58-59(55,56)57-46-45-51)49(53)43-41-39-37-35-12-10-8-6-4-2/h41,43,48-49,53H,3-40,42,44-47,51H2,1-2H3,(H,52,54)(H,55,56)/b43-41+/t48-,49+/m0/s1. The van der Waals surface area contributed by atoms with Crippen molar-refractivity contribution in [3.8, 4) is 0 Å². The van der Waals surface area contributed by atoms with Gasteiger partial charge in [0.1, 0.15) is 0 Å². The summed E-state index contributed by atoms with van der Waals surface area (Å²) in [6.45, 7) is 4.14. The maximum absolute atomic E-state index is 12.8. The minimum Gasteiger partial charge on any atom is -0.387 e. The number of aliphatic hydroxyl groups excluding tert-OH is 1. The summed E-state index contributed by atoms with van der Waals surface area (Å²) in [7, 11) is -4.33. The van der Waals surface area contributed by atoms with Crippen LogP contribution in [0.15, 0.2) is 12.2 Å². The van der Waals surface area contributed by atoms with Crippen LogP contribution >= 0.6 is 7.82 Å². The Labute approximate surface area is 366 Å². The number of unbranched alkanes of at least 4 members (excludes halogenated alkanes) is 37. The summed E-state index contributed by atoms with van der Waals surface area (Å²) in [5, 5.41) is 13.6. The highest BCUT2D eigenvalue weighted by molar-refractivity contribution is 7.47. The van der Waals surface area contributed by atoms with Gasteiger partial charge in [-0.3, -0.25) is 13.8 Å². The van der Waals surface area contributed by atoms with E-state index in [-0.39, 0.29) is 25.7 Å². The molecule has 8 nitrogen and oxygen atoms in total. The molecule has 59 heavy (non-hydrogen) atoms. The number of phosphoric ester groups is 1. The van der Waals surface area contributed by atoms with Gasteiger partial charge < -0.3 is 21.1 Å². The Kier molecular flexibility index (Phi) is 46.1. The molecule has 0 fully saturated rings. The average molecular weight is 857 g/mol. The van der Waals surface area contributed by atoms with E-state index in [0.717, 1.165) is 38.5 Å². The van der Waals surface area contributed by atoms with Crippen LogP contribution in [0.1, 0.15) is 271 Å². The molecule has 0 aliphatic heterocycles. The molecule has 3 atom stereocenters. The number of carbonyl (C=O) groups is 1. The molecule has 5 N–H and O–H groups in total. The molecular weight excluding hydrogens is 756 g/mol. The second kappa shape index (κ2) is 46.7. The number of rotatable bonds is 49. The first-order valence-electron chi connectivity index (χ1n) is 25.8. The third-order valence-corrected chi connectivity index (χ3v) is 12.8. The fraction of sp³-hybridized carbons (Fsp3) is 0.940. The summed E-state index contributed by atoms with van der Waals surface area (Å²) < 4.78 is 22.1. The first-order valence-corrected chi connectivity index (χ1v) is 27.3. The first kappa shape index (κ1) is 58.2. The number of nitrogens with one attached hydrogen (secondary N) is 1. The maximum atomic E-state index is 12.8. The van der Waals surface area contributed by atoms with Gasteiger partial charge in [0.15, 0.2) is 0 Å². The van der Waals surface area contributed by atoms with Gasteiger partial charge in [0.25, 0.3) is 0 Å². The van der Waals surface area contributed by atoms with E-state index in [1.54, 1.807) is 6.08 Å². The van der Waals surface area contributed by atoms with Crippen LogP contribution < -0.4 is 11.1 Å². The Hall–Kier alpha value is -0.760. The van der Waals surface area contributed by atoms with Crippen LogP contribution in [-0.4, -0.2) is 47.8 Å². The lowest BCUT2D eigenvalue weighted by molar-refractivity contribution is -0.123. The highest BCUT2D eigenvalue weighted by Crippen LogP contribution is 2.43. The molecule has 0 aliphatic carbocycles. The van der Waals surface area contributed by atoms with Gasteiger partial charge in [-0.25, -0.2) is 4.57 Å². The summed E-state index contributed by atoms with van der Waals surface area (Å²) in [5.41, 5.74) is 5.37. The van der Waals surface area contributed by atoms with Crippen LogP contribution in [0.25, 0.3) is 0 Å². The van der Waals surface area contributed by atoms with Crippen molar-refractivity contribution in [1.29, 1.82) is 0 Å². The molecule has 0 saturated carbocycles. The molecule has 0 spiro atoms. The van der Waals surface area contributed by atoms with Crippen molar-refractivity contribution in [3.63, 3.8) is 0 Å². The van der Waals surface area contributed by atoms with Crippen molar-refractivity contribution in [2.24, 2.45) is 5.73 Å². The SMILES string of the molecule is CCCCCCCCC/C=C/[C@@H](O)[C@H](COP(=O)(O)OCCN)NC(=O)CCCCCCCCCCCCCCCCCCCCCCCCCCCCCCCCC. The molecule has 0 rings (SSSR count). The van der Waals surface area contributed by atoms with Gasteiger partial charge >= 0.3 is 7.82 Å². The smallest absolute Gasteiger partial charge is 0.387 e. The average Bonchev–Trinajstić information content (AvgIpc) is 3.22. The molecule has 9 heteroatoms. The van der Waals surface area contributed by atoms with Crippen molar-refractivity contribution < 1.29 is 28.4 Å². The van der Waals surface area contributed by atoms with Crippen molar-refractivity contribution in [2.45, 2.75) is 283 Å². The second-order valence-electron chi connectivity index (χ2n) is 17.7. The lowest BCUT2D eigenvalue weighted by atomic mass is 10.0. The lowest BCUT2D eigenvalue weighted by Gasteiger charge is -2.23.